The van der Waals surface area contributed by atoms with E-state index in [2.05, 4.69) is 55.5 Å². The molecule has 0 aliphatic heterocycles. The zero-order valence-electron chi connectivity index (χ0n) is 22.3. The summed E-state index contributed by atoms with van der Waals surface area (Å²) in [5, 5.41) is 3.61. The summed E-state index contributed by atoms with van der Waals surface area (Å²) in [6.45, 7) is 4.31. The average molecular weight is 505 g/mol. The molecule has 1 unspecified atom stereocenters. The third kappa shape index (κ3) is 4.39. The van der Waals surface area contributed by atoms with E-state index in [1.807, 2.05) is 31.2 Å². The van der Waals surface area contributed by atoms with E-state index in [-0.39, 0.29) is 17.4 Å². The second kappa shape index (κ2) is 9.95. The van der Waals surface area contributed by atoms with E-state index in [1.165, 1.54) is 23.4 Å². The van der Waals surface area contributed by atoms with Crippen LogP contribution in [0.3, 0.4) is 0 Å². The van der Waals surface area contributed by atoms with Gasteiger partial charge in [-0.05, 0) is 60.4 Å². The van der Waals surface area contributed by atoms with Crippen LogP contribution >= 0.6 is 0 Å². The van der Waals surface area contributed by atoms with E-state index < -0.39 is 0 Å². The van der Waals surface area contributed by atoms with Crippen LogP contribution in [0.4, 0.5) is 0 Å². The van der Waals surface area contributed by atoms with Gasteiger partial charge in [-0.3, -0.25) is 9.80 Å². The molecule has 1 amide bonds. The van der Waals surface area contributed by atoms with Gasteiger partial charge in [0.2, 0.25) is 0 Å². The van der Waals surface area contributed by atoms with Crippen LogP contribution < -0.4 is 5.84 Å². The first kappa shape index (κ1) is 24.7. The summed E-state index contributed by atoms with van der Waals surface area (Å²) in [6.07, 6.45) is 8.31. The molecular weight excluding hydrogens is 468 g/mol. The Kier molecular flexibility index (Phi) is 6.48. The lowest BCUT2D eigenvalue weighted by atomic mass is 9.82. The van der Waals surface area contributed by atoms with Crippen LogP contribution in [0.15, 0.2) is 79.0 Å². The Bertz CT molecular complexity index is 1450. The number of nitrogens with zero attached hydrogens (tertiary/aromatic N) is 3. The van der Waals surface area contributed by atoms with Crippen LogP contribution in [0.1, 0.15) is 97.3 Å². The van der Waals surface area contributed by atoms with Crippen molar-refractivity contribution >= 4 is 16.7 Å². The van der Waals surface area contributed by atoms with Gasteiger partial charge in [0.15, 0.2) is 0 Å². The first-order valence-corrected chi connectivity index (χ1v) is 14.0. The molecule has 5 heteroatoms. The molecule has 2 N–H and O–H groups in total. The topological polar surface area (TPSA) is 72.1 Å². The number of carbonyl (C=O) groups is 1. The maximum Gasteiger partial charge on any atom is 0.271 e. The Labute approximate surface area is 225 Å². The van der Waals surface area contributed by atoms with Crippen molar-refractivity contribution in [3.8, 4) is 0 Å². The summed E-state index contributed by atoms with van der Waals surface area (Å²) in [5.41, 5.74) is 3.35. The van der Waals surface area contributed by atoms with Crippen LogP contribution in [0.2, 0.25) is 0 Å². The molecule has 2 aliphatic carbocycles. The first-order valence-electron chi connectivity index (χ1n) is 14.0. The van der Waals surface area contributed by atoms with E-state index in [1.54, 1.807) is 6.20 Å². The summed E-state index contributed by atoms with van der Waals surface area (Å²) in [5.74, 6) is 8.37. The molecular formula is C33H36N4O. The van der Waals surface area contributed by atoms with Crippen LogP contribution in [0.25, 0.3) is 10.8 Å². The predicted molar refractivity (Wildman–Crippen MR) is 152 cm³/mol. The Morgan fingerprint density at radius 2 is 1.63 bits per heavy atom. The number of rotatable bonds is 6. The Morgan fingerprint density at radius 3 is 2.37 bits per heavy atom. The number of hydrazine groups is 1. The van der Waals surface area contributed by atoms with Gasteiger partial charge >= 0.3 is 0 Å². The number of hydrogen-bond acceptors (Lipinski definition) is 4. The quantitative estimate of drug-likeness (QED) is 0.173. The minimum Gasteiger partial charge on any atom is -0.269 e. The van der Waals surface area contributed by atoms with Gasteiger partial charge < -0.3 is 0 Å². The predicted octanol–water partition coefficient (Wildman–Crippen LogP) is 7.08. The zero-order valence-corrected chi connectivity index (χ0v) is 22.3. The SMILES string of the molecule is CC1CCC(c2ncc(C(=O)N(N)C(C)c3cccc4ccccc34)c(C3(c4ccccc4)CC3)n2)CC1. The van der Waals surface area contributed by atoms with Gasteiger partial charge in [-0.1, -0.05) is 92.6 Å². The molecule has 2 fully saturated rings. The van der Waals surface area contributed by atoms with Gasteiger partial charge in [-0.25, -0.2) is 15.8 Å². The van der Waals surface area contributed by atoms with Crippen LogP contribution in [-0.4, -0.2) is 20.9 Å². The number of hydrogen-bond donors (Lipinski definition) is 1. The largest absolute Gasteiger partial charge is 0.271 e. The Hall–Kier alpha value is -3.57. The van der Waals surface area contributed by atoms with Gasteiger partial charge in [0.05, 0.1) is 17.3 Å². The summed E-state index contributed by atoms with van der Waals surface area (Å²) >= 11 is 0. The van der Waals surface area contributed by atoms with Crippen molar-refractivity contribution in [3.05, 3.63) is 107 Å². The Balaban J connectivity index is 1.39. The smallest absolute Gasteiger partial charge is 0.269 e. The number of benzene rings is 3. The van der Waals surface area contributed by atoms with Gasteiger partial charge in [0, 0.05) is 17.5 Å². The molecule has 0 radical (unpaired) electrons. The van der Waals surface area contributed by atoms with Crippen molar-refractivity contribution in [3.63, 3.8) is 0 Å². The lowest BCUT2D eigenvalue weighted by Gasteiger charge is -2.29. The minimum absolute atomic E-state index is 0.230. The maximum absolute atomic E-state index is 14.1. The van der Waals surface area contributed by atoms with Gasteiger partial charge in [-0.15, -0.1) is 0 Å². The molecule has 0 spiro atoms. The molecule has 38 heavy (non-hydrogen) atoms. The summed E-state index contributed by atoms with van der Waals surface area (Å²) in [4.78, 5) is 24.1. The molecule has 1 atom stereocenters. The minimum atomic E-state index is -0.312. The van der Waals surface area contributed by atoms with Crippen LogP contribution in [-0.2, 0) is 5.41 Å². The highest BCUT2D eigenvalue weighted by Crippen LogP contribution is 2.54. The molecule has 1 heterocycles. The standard InChI is InChI=1S/C33H36N4O/c1-22-15-17-25(18-16-22)31-35-21-29(30(36-31)33(19-20-33)26-11-4-3-5-12-26)32(38)37(34)23(2)27-14-8-10-24-9-6-7-13-28(24)27/h3-14,21-23,25H,15-20,34H2,1-2H3. The number of carbonyl (C=O) groups excluding carboxylic acids is 1. The molecule has 2 saturated carbocycles. The summed E-state index contributed by atoms with van der Waals surface area (Å²) in [6, 6.07) is 24.6. The van der Waals surface area contributed by atoms with Gasteiger partial charge in [-0.2, -0.15) is 0 Å². The van der Waals surface area contributed by atoms with E-state index in [0.717, 1.165) is 59.5 Å². The van der Waals surface area contributed by atoms with E-state index in [0.29, 0.717) is 11.5 Å². The summed E-state index contributed by atoms with van der Waals surface area (Å²) < 4.78 is 0. The molecule has 1 aromatic heterocycles. The summed E-state index contributed by atoms with van der Waals surface area (Å²) in [7, 11) is 0. The number of amides is 1. The van der Waals surface area contributed by atoms with E-state index in [4.69, 9.17) is 15.8 Å². The monoisotopic (exact) mass is 504 g/mol. The highest BCUT2D eigenvalue weighted by atomic mass is 16.2. The number of aromatic nitrogens is 2. The van der Waals surface area contributed by atoms with Crippen molar-refractivity contribution in [2.75, 3.05) is 0 Å². The van der Waals surface area contributed by atoms with Crippen molar-refractivity contribution in [2.45, 2.75) is 69.7 Å². The number of nitrogens with two attached hydrogens (primary N) is 1. The van der Waals surface area contributed by atoms with Gasteiger partial charge in [0.25, 0.3) is 5.91 Å². The Morgan fingerprint density at radius 1 is 0.947 bits per heavy atom. The molecule has 2 aliphatic rings. The highest BCUT2D eigenvalue weighted by molar-refractivity contribution is 5.96. The lowest BCUT2D eigenvalue weighted by Crippen LogP contribution is -2.41. The number of fused-ring (bicyclic) bond motifs is 1. The second-order valence-electron chi connectivity index (χ2n) is 11.4. The maximum atomic E-state index is 14.1. The molecule has 6 rings (SSSR count). The average Bonchev–Trinajstić information content (AvgIpc) is 3.78. The van der Waals surface area contributed by atoms with Crippen LogP contribution in [0, 0.1) is 5.92 Å². The van der Waals surface area contributed by atoms with Crippen molar-refractivity contribution in [2.24, 2.45) is 11.8 Å². The second-order valence-corrected chi connectivity index (χ2v) is 11.4. The van der Waals surface area contributed by atoms with E-state index in [9.17, 15) is 4.79 Å². The van der Waals surface area contributed by atoms with E-state index >= 15 is 0 Å². The molecule has 0 saturated heterocycles. The molecule has 0 bridgehead atoms. The fourth-order valence-corrected chi connectivity index (χ4v) is 6.26. The fourth-order valence-electron chi connectivity index (χ4n) is 6.26. The first-order chi connectivity index (χ1) is 18.5. The third-order valence-electron chi connectivity index (χ3n) is 8.87. The molecule has 4 aromatic rings. The van der Waals surface area contributed by atoms with Crippen LogP contribution in [0.5, 0.6) is 0 Å². The molecule has 3 aromatic carbocycles. The fraction of sp³-hybridized carbons (Fsp3) is 0.364. The zero-order chi connectivity index (χ0) is 26.3. The van der Waals surface area contributed by atoms with Gasteiger partial charge in [0.1, 0.15) is 5.82 Å². The molecule has 194 valence electrons. The lowest BCUT2D eigenvalue weighted by molar-refractivity contribution is 0.0688. The van der Waals surface area contributed by atoms with Crippen molar-refractivity contribution in [1.82, 2.24) is 15.0 Å². The molecule has 5 nitrogen and oxygen atoms in total. The van der Waals surface area contributed by atoms with Crippen molar-refractivity contribution in [1.29, 1.82) is 0 Å². The van der Waals surface area contributed by atoms with Crippen molar-refractivity contribution < 1.29 is 4.79 Å². The highest BCUT2D eigenvalue weighted by Gasteiger charge is 2.50. The third-order valence-corrected chi connectivity index (χ3v) is 8.87. The normalized spacial score (nSPS) is 21.1.